The van der Waals surface area contributed by atoms with Crippen LogP contribution in [0.2, 0.25) is 0 Å². The largest absolute Gasteiger partial charge is 0.507 e. The molecule has 2 aliphatic heterocycles. The zero-order valence-electron chi connectivity index (χ0n) is 14.5. The number of carbonyl (C=O) groups is 2. The number of aromatic hydroxyl groups is 1. The maximum Gasteiger partial charge on any atom is 0.339 e. The van der Waals surface area contributed by atoms with E-state index in [0.717, 1.165) is 50.9 Å². The molecule has 2 heterocycles. The first-order valence-electron chi connectivity index (χ1n) is 9.11. The van der Waals surface area contributed by atoms with E-state index < -0.39 is 5.97 Å². The molecule has 1 aromatic rings. The van der Waals surface area contributed by atoms with Crippen LogP contribution in [-0.4, -0.2) is 57.6 Å². The smallest absolute Gasteiger partial charge is 0.339 e. The van der Waals surface area contributed by atoms with E-state index in [1.165, 1.54) is 12.5 Å². The van der Waals surface area contributed by atoms with Gasteiger partial charge in [-0.3, -0.25) is 9.69 Å². The lowest BCUT2D eigenvalue weighted by atomic mass is 9.98. The van der Waals surface area contributed by atoms with Gasteiger partial charge in [-0.1, -0.05) is 12.5 Å². The molecular weight excluding hydrogens is 320 g/mol. The molecule has 0 radical (unpaired) electrons. The summed E-state index contributed by atoms with van der Waals surface area (Å²) < 4.78 is 0. The first-order chi connectivity index (χ1) is 12.0. The summed E-state index contributed by atoms with van der Waals surface area (Å²) in [6.45, 7) is 3.36. The Morgan fingerprint density at radius 2 is 2.04 bits per heavy atom. The normalized spacial score (nSPS) is 21.7. The third-order valence-electron chi connectivity index (χ3n) is 5.33. The third-order valence-corrected chi connectivity index (χ3v) is 5.33. The van der Waals surface area contributed by atoms with Gasteiger partial charge in [0.05, 0.1) is 0 Å². The molecule has 2 fully saturated rings. The van der Waals surface area contributed by atoms with Gasteiger partial charge in [0.2, 0.25) is 5.91 Å². The average molecular weight is 346 g/mol. The molecule has 6 nitrogen and oxygen atoms in total. The Labute approximate surface area is 148 Å². The molecule has 2 aliphatic rings. The minimum atomic E-state index is -1.11. The number of amides is 1. The molecule has 0 saturated carbocycles. The number of nitrogens with zero attached hydrogens (tertiary/aromatic N) is 2. The number of carbonyl (C=O) groups excluding carboxylic acids is 1. The lowest BCUT2D eigenvalue weighted by molar-refractivity contribution is -0.127. The van der Waals surface area contributed by atoms with Gasteiger partial charge in [-0.2, -0.15) is 0 Å². The molecule has 25 heavy (non-hydrogen) atoms. The maximum absolute atomic E-state index is 11.8. The molecule has 136 valence electrons. The molecule has 0 unspecified atom stereocenters. The maximum atomic E-state index is 11.8. The van der Waals surface area contributed by atoms with Gasteiger partial charge in [0.25, 0.3) is 0 Å². The van der Waals surface area contributed by atoms with Crippen LogP contribution in [0.25, 0.3) is 0 Å². The van der Waals surface area contributed by atoms with Crippen LogP contribution in [0.3, 0.4) is 0 Å². The van der Waals surface area contributed by atoms with Crippen molar-refractivity contribution in [2.45, 2.75) is 51.1 Å². The van der Waals surface area contributed by atoms with Gasteiger partial charge in [-0.25, -0.2) is 4.79 Å². The van der Waals surface area contributed by atoms with E-state index in [0.29, 0.717) is 19.0 Å². The van der Waals surface area contributed by atoms with Gasteiger partial charge in [-0.15, -0.1) is 0 Å². The molecule has 0 spiro atoms. The zero-order valence-corrected chi connectivity index (χ0v) is 14.5. The Morgan fingerprint density at radius 1 is 1.20 bits per heavy atom. The second kappa shape index (κ2) is 7.87. The Balaban J connectivity index is 1.63. The van der Waals surface area contributed by atoms with Crippen LogP contribution in [0, 0.1) is 0 Å². The first kappa shape index (κ1) is 17.7. The molecular formula is C19H26N2O4. The molecule has 6 heteroatoms. The van der Waals surface area contributed by atoms with Crippen molar-refractivity contribution >= 4 is 11.9 Å². The van der Waals surface area contributed by atoms with E-state index >= 15 is 0 Å². The highest BCUT2D eigenvalue weighted by Gasteiger charge is 2.26. The third kappa shape index (κ3) is 4.31. The fraction of sp³-hybridized carbons (Fsp3) is 0.579. The number of hydrogen-bond acceptors (Lipinski definition) is 4. The van der Waals surface area contributed by atoms with E-state index in [1.807, 2.05) is 4.90 Å². The number of rotatable bonds is 6. The van der Waals surface area contributed by atoms with Gasteiger partial charge in [-0.05, 0) is 49.9 Å². The minimum Gasteiger partial charge on any atom is -0.507 e. The number of benzene rings is 1. The summed E-state index contributed by atoms with van der Waals surface area (Å²) in [4.78, 5) is 27.3. The lowest BCUT2D eigenvalue weighted by Crippen LogP contribution is -2.41. The number of likely N-dealkylation sites (tertiary alicyclic amines) is 2. The molecule has 1 atom stereocenters. The summed E-state index contributed by atoms with van der Waals surface area (Å²) >= 11 is 0. The van der Waals surface area contributed by atoms with Crippen LogP contribution < -0.4 is 0 Å². The molecule has 0 bridgehead atoms. The van der Waals surface area contributed by atoms with Crippen molar-refractivity contribution in [3.05, 3.63) is 29.3 Å². The highest BCUT2D eigenvalue weighted by atomic mass is 16.4. The van der Waals surface area contributed by atoms with Crippen LogP contribution >= 0.6 is 0 Å². The van der Waals surface area contributed by atoms with Crippen LogP contribution in [0.15, 0.2) is 18.2 Å². The summed E-state index contributed by atoms with van der Waals surface area (Å²) in [5.74, 6) is -1.03. The Kier molecular flexibility index (Phi) is 5.58. The molecule has 1 aromatic carbocycles. The molecule has 0 aliphatic carbocycles. The molecule has 1 amide bonds. The SMILES string of the molecule is O=C(O)c1cc(CN2CCCC[C@@H]2CCN2CCCC2=O)ccc1O. The Morgan fingerprint density at radius 3 is 2.76 bits per heavy atom. The predicted molar refractivity (Wildman–Crippen MR) is 93.5 cm³/mol. The van der Waals surface area contributed by atoms with Gasteiger partial charge in [0.15, 0.2) is 0 Å². The van der Waals surface area contributed by atoms with E-state index in [4.69, 9.17) is 5.11 Å². The summed E-state index contributed by atoms with van der Waals surface area (Å²) in [5.41, 5.74) is 0.855. The fourth-order valence-corrected chi connectivity index (χ4v) is 3.93. The van der Waals surface area contributed by atoms with Gasteiger partial charge in [0.1, 0.15) is 11.3 Å². The van der Waals surface area contributed by atoms with E-state index in [1.54, 1.807) is 12.1 Å². The molecule has 3 rings (SSSR count). The molecule has 2 saturated heterocycles. The van der Waals surface area contributed by atoms with Crippen LogP contribution in [0.5, 0.6) is 5.75 Å². The van der Waals surface area contributed by atoms with Crippen molar-refractivity contribution in [1.82, 2.24) is 9.80 Å². The fourth-order valence-electron chi connectivity index (χ4n) is 3.93. The summed E-state index contributed by atoms with van der Waals surface area (Å²) in [5, 5.41) is 18.8. The molecule has 0 aromatic heterocycles. The highest BCUT2D eigenvalue weighted by Crippen LogP contribution is 2.25. The Bertz CT molecular complexity index is 646. The number of hydrogen-bond donors (Lipinski definition) is 2. The van der Waals surface area contributed by atoms with Crippen molar-refractivity contribution < 1.29 is 19.8 Å². The van der Waals surface area contributed by atoms with Crippen molar-refractivity contribution in [2.75, 3.05) is 19.6 Å². The van der Waals surface area contributed by atoms with Crippen molar-refractivity contribution in [2.24, 2.45) is 0 Å². The monoisotopic (exact) mass is 346 g/mol. The topological polar surface area (TPSA) is 81.1 Å². The van der Waals surface area contributed by atoms with Crippen molar-refractivity contribution in [3.63, 3.8) is 0 Å². The van der Waals surface area contributed by atoms with Crippen LogP contribution in [0.1, 0.15) is 54.4 Å². The van der Waals surface area contributed by atoms with E-state index in [2.05, 4.69) is 4.90 Å². The van der Waals surface area contributed by atoms with Gasteiger partial charge >= 0.3 is 5.97 Å². The van der Waals surface area contributed by atoms with E-state index in [9.17, 15) is 14.7 Å². The predicted octanol–water partition coefficient (Wildman–Crippen LogP) is 2.46. The zero-order chi connectivity index (χ0) is 17.8. The minimum absolute atomic E-state index is 0.0475. The number of phenols is 1. The second-order valence-corrected chi connectivity index (χ2v) is 7.05. The van der Waals surface area contributed by atoms with Crippen LogP contribution in [0.4, 0.5) is 0 Å². The average Bonchev–Trinajstić information content (AvgIpc) is 3.00. The highest BCUT2D eigenvalue weighted by molar-refractivity contribution is 5.90. The summed E-state index contributed by atoms with van der Waals surface area (Å²) in [6.07, 6.45) is 6.08. The van der Waals surface area contributed by atoms with Gasteiger partial charge in [0, 0.05) is 32.1 Å². The summed E-state index contributed by atoms with van der Waals surface area (Å²) in [6, 6.07) is 5.23. The quantitative estimate of drug-likeness (QED) is 0.827. The van der Waals surface area contributed by atoms with Crippen LogP contribution in [-0.2, 0) is 11.3 Å². The second-order valence-electron chi connectivity index (χ2n) is 7.05. The van der Waals surface area contributed by atoms with Gasteiger partial charge < -0.3 is 15.1 Å². The molecule has 2 N–H and O–H groups in total. The standard InChI is InChI=1S/C19H26N2O4/c22-17-7-6-14(12-16(17)19(24)25)13-21-9-2-1-4-15(21)8-11-20-10-3-5-18(20)23/h6-7,12,15,22H,1-5,8-11,13H2,(H,24,25)/t15-/m1/s1. The van der Waals surface area contributed by atoms with Crippen molar-refractivity contribution in [3.8, 4) is 5.75 Å². The first-order valence-corrected chi connectivity index (χ1v) is 9.11. The number of carboxylic acids is 1. The summed E-state index contributed by atoms with van der Waals surface area (Å²) in [7, 11) is 0. The van der Waals surface area contributed by atoms with Crippen molar-refractivity contribution in [1.29, 1.82) is 0 Å². The number of carboxylic acid groups (broad SMARTS) is 1. The number of piperidine rings is 1. The lowest BCUT2D eigenvalue weighted by Gasteiger charge is -2.36. The number of aromatic carboxylic acids is 1. The van der Waals surface area contributed by atoms with E-state index in [-0.39, 0.29) is 17.2 Å². The Hall–Kier alpha value is -2.08.